The van der Waals surface area contributed by atoms with E-state index in [2.05, 4.69) is 39.1 Å². The van der Waals surface area contributed by atoms with Crippen LogP contribution in [0.4, 0.5) is 10.1 Å². The smallest absolute Gasteiger partial charge is 0.280 e. The summed E-state index contributed by atoms with van der Waals surface area (Å²) in [6.07, 6.45) is 1.52. The van der Waals surface area contributed by atoms with E-state index in [0.29, 0.717) is 6.61 Å². The zero-order valence-corrected chi connectivity index (χ0v) is 27.4. The Morgan fingerprint density at radius 1 is 1.20 bits per heavy atom. The molecule has 2 unspecified atom stereocenters. The largest absolute Gasteiger partial charge is 0.493 e. The first-order valence-corrected chi connectivity index (χ1v) is 16.4. The molecule has 238 valence electrons. The summed E-state index contributed by atoms with van der Waals surface area (Å²) in [5.41, 5.74) is 1.08. The van der Waals surface area contributed by atoms with Gasteiger partial charge >= 0.3 is 0 Å². The van der Waals surface area contributed by atoms with Gasteiger partial charge in [-0.1, -0.05) is 25.4 Å². The second kappa shape index (κ2) is 13.9. The number of likely N-dealkylation sites (N-methyl/N-ethyl adjacent to an activating group) is 1. The number of thiazole rings is 1. The van der Waals surface area contributed by atoms with E-state index >= 15 is 0 Å². The standard InChI is InChI=1S/C29H36ClFN6O5S2/c1-29(2,16-36(3)4)17-42-20-9-6-18(7-10-20)28-33-15-21(43-28)14-32-26(38)24-13-25(37(5)44(40,41)35-24)27(39)34-19-8-11-23(31)22(30)12-19/h6-12,15,24-25,35H,13-14,16-17H2,1-5H3,(H,32,38)(H,34,39). The Kier molecular flexibility index (Phi) is 10.6. The van der Waals surface area contributed by atoms with E-state index < -0.39 is 39.9 Å². The van der Waals surface area contributed by atoms with Crippen molar-refractivity contribution >= 4 is 50.6 Å². The molecule has 1 fully saturated rings. The summed E-state index contributed by atoms with van der Waals surface area (Å²) in [4.78, 5) is 33.3. The average Bonchev–Trinajstić information content (AvgIpc) is 3.42. The fourth-order valence-corrected chi connectivity index (χ4v) is 7.06. The van der Waals surface area contributed by atoms with Crippen LogP contribution < -0.4 is 20.1 Å². The SMILES string of the molecule is CN(C)CC(C)(C)COc1ccc(-c2ncc(CNC(=O)C3CC(C(=O)Nc4ccc(F)c(Cl)c4)N(C)S(=O)(=O)N3)s2)cc1. The van der Waals surface area contributed by atoms with Gasteiger partial charge in [0.2, 0.25) is 11.8 Å². The Bertz CT molecular complexity index is 1600. The summed E-state index contributed by atoms with van der Waals surface area (Å²) in [7, 11) is 1.17. The van der Waals surface area contributed by atoms with Crippen LogP contribution in [0.15, 0.2) is 48.7 Å². The number of nitrogens with one attached hydrogen (secondary N) is 3. The van der Waals surface area contributed by atoms with Crippen molar-refractivity contribution in [2.45, 2.75) is 38.9 Å². The molecular weight excluding hydrogens is 631 g/mol. The number of halogens is 2. The fraction of sp³-hybridized carbons (Fsp3) is 0.414. The van der Waals surface area contributed by atoms with Crippen LogP contribution in [0.3, 0.4) is 0 Å². The maximum absolute atomic E-state index is 13.5. The molecule has 4 rings (SSSR count). The van der Waals surface area contributed by atoms with Gasteiger partial charge in [0.15, 0.2) is 0 Å². The second-order valence-electron chi connectivity index (χ2n) is 11.6. The molecule has 1 aliphatic rings. The Balaban J connectivity index is 1.34. The minimum Gasteiger partial charge on any atom is -0.493 e. The molecule has 0 aliphatic carbocycles. The van der Waals surface area contributed by atoms with Crippen LogP contribution in [0.2, 0.25) is 5.02 Å². The maximum atomic E-state index is 13.5. The van der Waals surface area contributed by atoms with Gasteiger partial charge in [0.25, 0.3) is 10.2 Å². The summed E-state index contributed by atoms with van der Waals surface area (Å²) in [5, 5.41) is 5.83. The van der Waals surface area contributed by atoms with Crippen LogP contribution >= 0.6 is 22.9 Å². The van der Waals surface area contributed by atoms with Crippen LogP contribution in [-0.2, 0) is 26.3 Å². The van der Waals surface area contributed by atoms with Gasteiger partial charge in [-0.05, 0) is 63.0 Å². The maximum Gasteiger partial charge on any atom is 0.280 e. The van der Waals surface area contributed by atoms with Gasteiger partial charge in [0.1, 0.15) is 28.7 Å². The number of amides is 2. The monoisotopic (exact) mass is 666 g/mol. The molecule has 15 heteroatoms. The van der Waals surface area contributed by atoms with Crippen molar-refractivity contribution in [1.29, 1.82) is 0 Å². The van der Waals surface area contributed by atoms with Crippen molar-refractivity contribution in [3.05, 3.63) is 64.4 Å². The number of aromatic nitrogens is 1. The number of nitrogens with zero attached hydrogens (tertiary/aromatic N) is 3. The van der Waals surface area contributed by atoms with Gasteiger partial charge in [-0.2, -0.15) is 17.4 Å². The van der Waals surface area contributed by atoms with Crippen LogP contribution in [-0.4, -0.2) is 80.8 Å². The first-order chi connectivity index (χ1) is 20.6. The number of rotatable bonds is 11. The van der Waals surface area contributed by atoms with Gasteiger partial charge in [-0.3, -0.25) is 9.59 Å². The highest BCUT2D eigenvalue weighted by molar-refractivity contribution is 7.87. The zero-order valence-electron chi connectivity index (χ0n) is 25.1. The lowest BCUT2D eigenvalue weighted by Crippen LogP contribution is -2.62. The highest BCUT2D eigenvalue weighted by atomic mass is 35.5. The number of carbonyl (C=O) groups excluding carboxylic acids is 2. The summed E-state index contributed by atoms with van der Waals surface area (Å²) < 4.78 is 48.1. The molecule has 3 N–H and O–H groups in total. The third kappa shape index (κ3) is 8.73. The normalized spacial score (nSPS) is 18.6. The molecule has 1 saturated heterocycles. The summed E-state index contributed by atoms with van der Waals surface area (Å²) in [5.74, 6) is -1.16. The molecule has 3 aromatic rings. The molecule has 0 radical (unpaired) electrons. The summed E-state index contributed by atoms with van der Waals surface area (Å²) in [6, 6.07) is 8.86. The number of benzene rings is 2. The summed E-state index contributed by atoms with van der Waals surface area (Å²) in [6.45, 7) is 5.91. The van der Waals surface area contributed by atoms with Crippen molar-refractivity contribution in [3.63, 3.8) is 0 Å². The van der Waals surface area contributed by atoms with Crippen LogP contribution in [0, 0.1) is 11.2 Å². The van der Waals surface area contributed by atoms with Gasteiger partial charge in [0.05, 0.1) is 18.2 Å². The Hall–Kier alpha value is -3.14. The lowest BCUT2D eigenvalue weighted by atomic mass is 9.94. The Labute approximate surface area is 265 Å². The molecule has 0 spiro atoms. The fourth-order valence-electron chi connectivity index (χ4n) is 4.78. The van der Waals surface area contributed by atoms with E-state index in [4.69, 9.17) is 16.3 Å². The van der Waals surface area contributed by atoms with E-state index in [1.54, 1.807) is 6.20 Å². The van der Waals surface area contributed by atoms with Gasteiger partial charge in [0, 0.05) is 41.3 Å². The quantitative estimate of drug-likeness (QED) is 0.284. The lowest BCUT2D eigenvalue weighted by Gasteiger charge is -2.35. The lowest BCUT2D eigenvalue weighted by molar-refractivity contribution is -0.124. The van der Waals surface area contributed by atoms with E-state index in [-0.39, 0.29) is 29.1 Å². The molecule has 1 aromatic heterocycles. The molecule has 2 amide bonds. The van der Waals surface area contributed by atoms with E-state index in [0.717, 1.165) is 38.1 Å². The Morgan fingerprint density at radius 3 is 2.57 bits per heavy atom. The number of carbonyl (C=O) groups is 2. The van der Waals surface area contributed by atoms with Crippen molar-refractivity contribution < 1.29 is 27.1 Å². The molecule has 1 aliphatic heterocycles. The van der Waals surface area contributed by atoms with Crippen molar-refractivity contribution in [3.8, 4) is 16.3 Å². The first kappa shape index (κ1) is 33.7. The first-order valence-electron chi connectivity index (χ1n) is 13.7. The zero-order chi connectivity index (χ0) is 32.2. The molecule has 0 bridgehead atoms. The van der Waals surface area contributed by atoms with Crippen LogP contribution in [0.5, 0.6) is 5.75 Å². The van der Waals surface area contributed by atoms with Crippen LogP contribution in [0.25, 0.3) is 10.6 Å². The Morgan fingerprint density at radius 2 is 1.91 bits per heavy atom. The topological polar surface area (TPSA) is 133 Å². The van der Waals surface area contributed by atoms with Crippen molar-refractivity contribution in [2.24, 2.45) is 5.41 Å². The van der Waals surface area contributed by atoms with E-state index in [1.807, 2.05) is 38.4 Å². The molecular formula is C29H36ClFN6O5S2. The van der Waals surface area contributed by atoms with Crippen molar-refractivity contribution in [2.75, 3.05) is 39.6 Å². The molecule has 44 heavy (non-hydrogen) atoms. The molecule has 11 nitrogen and oxygen atoms in total. The number of hydrogen-bond acceptors (Lipinski definition) is 8. The molecule has 2 aromatic carbocycles. The highest BCUT2D eigenvalue weighted by Gasteiger charge is 2.42. The molecule has 2 atom stereocenters. The average molecular weight is 667 g/mol. The van der Waals surface area contributed by atoms with Gasteiger partial charge < -0.3 is 20.3 Å². The third-order valence-corrected chi connectivity index (χ3v) is 9.77. The van der Waals surface area contributed by atoms with E-state index in [9.17, 15) is 22.4 Å². The predicted octanol–water partition coefficient (Wildman–Crippen LogP) is 3.73. The summed E-state index contributed by atoms with van der Waals surface area (Å²) >= 11 is 7.18. The van der Waals surface area contributed by atoms with E-state index in [1.165, 1.54) is 30.5 Å². The molecule has 2 heterocycles. The third-order valence-electron chi connectivity index (χ3n) is 6.84. The van der Waals surface area contributed by atoms with Gasteiger partial charge in [-0.25, -0.2) is 9.37 Å². The minimum absolute atomic E-state index is 0.00377. The molecule has 0 saturated carbocycles. The number of ether oxygens (including phenoxy) is 1. The van der Waals surface area contributed by atoms with Crippen molar-refractivity contribution in [1.82, 2.24) is 24.2 Å². The highest BCUT2D eigenvalue weighted by Crippen LogP contribution is 2.28. The number of hydrogen-bond donors (Lipinski definition) is 3. The predicted molar refractivity (Wildman–Crippen MR) is 169 cm³/mol. The van der Waals surface area contributed by atoms with Crippen LogP contribution in [0.1, 0.15) is 25.1 Å². The number of anilines is 1. The minimum atomic E-state index is -4.14. The van der Waals surface area contributed by atoms with Gasteiger partial charge in [-0.15, -0.1) is 11.3 Å². The second-order valence-corrected chi connectivity index (χ2v) is 14.9.